The average molecular weight is 455 g/mol. The predicted octanol–water partition coefficient (Wildman–Crippen LogP) is 4.14. The molecule has 3 aromatic rings. The Labute approximate surface area is 183 Å². The van der Waals surface area contributed by atoms with Crippen LogP contribution < -0.4 is 14.8 Å². The molecule has 0 amide bonds. The number of ketones is 1. The Morgan fingerprint density at radius 1 is 0.968 bits per heavy atom. The molecule has 0 spiro atoms. The molecular weight excluding hydrogens is 436 g/mol. The third kappa shape index (κ3) is 4.10. The normalized spacial score (nSPS) is 14.7. The zero-order valence-electron chi connectivity index (χ0n) is 16.7. The van der Waals surface area contributed by atoms with Crippen molar-refractivity contribution < 1.29 is 22.7 Å². The zero-order valence-corrected chi connectivity index (χ0v) is 18.3. The number of hydrogen-bond donors (Lipinski definition) is 1. The number of nitrogens with one attached hydrogen (secondary N) is 1. The number of allylic oxidation sites excluding steroid dienone is 2. The van der Waals surface area contributed by atoms with E-state index in [1.54, 1.807) is 53.9 Å². The fourth-order valence-corrected chi connectivity index (χ4v) is 5.10. The molecule has 2 aromatic carbocycles. The van der Waals surface area contributed by atoms with Crippen LogP contribution in [0.15, 0.2) is 80.4 Å². The van der Waals surface area contributed by atoms with Gasteiger partial charge in [0.2, 0.25) is 5.78 Å². The van der Waals surface area contributed by atoms with Crippen molar-refractivity contribution in [1.29, 1.82) is 0 Å². The van der Waals surface area contributed by atoms with Crippen molar-refractivity contribution in [1.82, 2.24) is 0 Å². The molecule has 0 bridgehead atoms. The van der Waals surface area contributed by atoms with Gasteiger partial charge in [-0.1, -0.05) is 30.3 Å². The standard InChI is InChI=1S/C22H18N2O5S2/c1-28-14-9-10-20(29-2)18(12-14)23-19-13-17(15-6-3-4-7-16(15)22(19)25)24-31(26,27)21-8-5-11-30-21/h3-13,23H,1-2H3. The number of thiophene rings is 1. The van der Waals surface area contributed by atoms with E-state index in [2.05, 4.69) is 9.71 Å². The first-order valence-electron chi connectivity index (χ1n) is 9.16. The topological polar surface area (TPSA) is 94.1 Å². The van der Waals surface area contributed by atoms with Gasteiger partial charge >= 0.3 is 0 Å². The Kier molecular flexibility index (Phi) is 5.62. The van der Waals surface area contributed by atoms with Gasteiger partial charge in [0.25, 0.3) is 10.0 Å². The number of carbonyl (C=O) groups excluding carboxylic acids is 1. The quantitative estimate of drug-likeness (QED) is 0.602. The number of rotatable bonds is 6. The molecule has 4 rings (SSSR count). The van der Waals surface area contributed by atoms with Crippen molar-refractivity contribution >= 4 is 38.5 Å². The lowest BCUT2D eigenvalue weighted by Crippen LogP contribution is -2.22. The number of fused-ring (bicyclic) bond motifs is 1. The molecule has 158 valence electrons. The van der Waals surface area contributed by atoms with Gasteiger partial charge in [0.1, 0.15) is 15.7 Å². The van der Waals surface area contributed by atoms with Gasteiger partial charge in [-0.3, -0.25) is 4.79 Å². The van der Waals surface area contributed by atoms with Crippen LogP contribution in [-0.4, -0.2) is 34.1 Å². The molecule has 1 aliphatic carbocycles. The Morgan fingerprint density at radius 2 is 1.74 bits per heavy atom. The summed E-state index contributed by atoms with van der Waals surface area (Å²) in [5.41, 5.74) is 1.66. The molecule has 9 heteroatoms. The summed E-state index contributed by atoms with van der Waals surface area (Å²) >= 11 is 1.08. The zero-order chi connectivity index (χ0) is 22.0. The highest BCUT2D eigenvalue weighted by molar-refractivity contribution is 7.92. The summed E-state index contributed by atoms with van der Waals surface area (Å²) in [6.07, 6.45) is 1.44. The second-order valence-electron chi connectivity index (χ2n) is 6.51. The van der Waals surface area contributed by atoms with Crippen molar-refractivity contribution in [2.45, 2.75) is 4.21 Å². The van der Waals surface area contributed by atoms with Gasteiger partial charge in [-0.15, -0.1) is 11.3 Å². The van der Waals surface area contributed by atoms with Crippen LogP contribution in [0.25, 0.3) is 0 Å². The van der Waals surface area contributed by atoms with Crippen LogP contribution in [0.5, 0.6) is 11.5 Å². The van der Waals surface area contributed by atoms with Gasteiger partial charge in [0.15, 0.2) is 0 Å². The highest BCUT2D eigenvalue weighted by atomic mass is 32.2. The summed E-state index contributed by atoms with van der Waals surface area (Å²) in [4.78, 5) is 13.1. The largest absolute Gasteiger partial charge is 0.497 e. The number of carbonyl (C=O) groups is 1. The van der Waals surface area contributed by atoms with Crippen molar-refractivity contribution in [3.05, 3.63) is 82.9 Å². The maximum absolute atomic E-state index is 13.1. The van der Waals surface area contributed by atoms with E-state index in [0.29, 0.717) is 28.3 Å². The molecule has 0 aliphatic heterocycles. The van der Waals surface area contributed by atoms with Crippen LogP contribution in [0.4, 0.5) is 5.69 Å². The molecule has 31 heavy (non-hydrogen) atoms. The SMILES string of the molecule is COc1ccc(OC)c(NC2=CC(=NS(=O)(=O)c3cccs3)c3ccccc3C2=O)c1. The minimum Gasteiger partial charge on any atom is -0.497 e. The van der Waals surface area contributed by atoms with Crippen molar-refractivity contribution in [2.75, 3.05) is 19.5 Å². The summed E-state index contributed by atoms with van der Waals surface area (Å²) < 4.78 is 40.3. The molecule has 0 saturated carbocycles. The number of nitrogens with zero attached hydrogens (tertiary/aromatic N) is 1. The van der Waals surface area contributed by atoms with Gasteiger partial charge in [-0.05, 0) is 29.7 Å². The van der Waals surface area contributed by atoms with E-state index in [4.69, 9.17) is 9.47 Å². The number of sulfonamides is 1. The van der Waals surface area contributed by atoms with Gasteiger partial charge in [0.05, 0.1) is 31.3 Å². The summed E-state index contributed by atoms with van der Waals surface area (Å²) in [6.45, 7) is 0. The predicted molar refractivity (Wildman–Crippen MR) is 120 cm³/mol. The summed E-state index contributed by atoms with van der Waals surface area (Å²) in [5, 5.41) is 4.72. The monoisotopic (exact) mass is 454 g/mol. The molecule has 1 aliphatic rings. The average Bonchev–Trinajstić information content (AvgIpc) is 3.33. The summed E-state index contributed by atoms with van der Waals surface area (Å²) in [7, 11) is -0.870. The molecule has 1 aromatic heterocycles. The Bertz CT molecular complexity index is 1310. The minimum atomic E-state index is -3.92. The number of hydrogen-bond acceptors (Lipinski definition) is 7. The molecule has 0 fully saturated rings. The van der Waals surface area contributed by atoms with E-state index in [0.717, 1.165) is 11.3 Å². The van der Waals surface area contributed by atoms with Crippen LogP contribution >= 0.6 is 11.3 Å². The maximum Gasteiger partial charge on any atom is 0.292 e. The summed E-state index contributed by atoms with van der Waals surface area (Å²) in [5.74, 6) is 0.785. The molecule has 0 atom stereocenters. The third-order valence-corrected chi connectivity index (χ3v) is 7.28. The summed E-state index contributed by atoms with van der Waals surface area (Å²) in [6, 6.07) is 15.0. The van der Waals surface area contributed by atoms with E-state index in [1.165, 1.54) is 26.4 Å². The Morgan fingerprint density at radius 3 is 2.42 bits per heavy atom. The van der Waals surface area contributed by atoms with Gasteiger partial charge in [0, 0.05) is 17.2 Å². The second kappa shape index (κ2) is 8.37. The second-order valence-corrected chi connectivity index (χ2v) is 9.29. The van der Waals surface area contributed by atoms with Crippen molar-refractivity contribution in [3.63, 3.8) is 0 Å². The van der Waals surface area contributed by atoms with Gasteiger partial charge < -0.3 is 14.8 Å². The lowest BCUT2D eigenvalue weighted by molar-refractivity contribution is 0.103. The van der Waals surface area contributed by atoms with Gasteiger partial charge in [-0.25, -0.2) is 0 Å². The number of Topliss-reactive ketones (excluding diaryl/α,β-unsaturated/α-hetero) is 1. The third-order valence-electron chi connectivity index (χ3n) is 4.62. The molecule has 1 heterocycles. The first kappa shape index (κ1) is 20.8. The number of methoxy groups -OCH3 is 2. The highest BCUT2D eigenvalue weighted by Gasteiger charge is 2.27. The molecule has 0 unspecified atom stereocenters. The van der Waals surface area contributed by atoms with Crippen molar-refractivity contribution in [3.8, 4) is 11.5 Å². The fraction of sp³-hybridized carbons (Fsp3) is 0.0909. The lowest BCUT2D eigenvalue weighted by atomic mass is 9.92. The van der Waals surface area contributed by atoms with Crippen molar-refractivity contribution in [2.24, 2.45) is 4.40 Å². The van der Waals surface area contributed by atoms with E-state index < -0.39 is 10.0 Å². The molecule has 0 saturated heterocycles. The van der Waals surface area contributed by atoms with E-state index >= 15 is 0 Å². The fourth-order valence-electron chi connectivity index (χ4n) is 3.14. The van der Waals surface area contributed by atoms with Crippen LogP contribution in [0.2, 0.25) is 0 Å². The van der Waals surface area contributed by atoms with Crippen LogP contribution in [0, 0.1) is 0 Å². The lowest BCUT2D eigenvalue weighted by Gasteiger charge is -2.20. The smallest absolute Gasteiger partial charge is 0.292 e. The van der Waals surface area contributed by atoms with Crippen LogP contribution in [-0.2, 0) is 10.0 Å². The van der Waals surface area contributed by atoms with E-state index in [9.17, 15) is 13.2 Å². The van der Waals surface area contributed by atoms with E-state index in [-0.39, 0.29) is 21.4 Å². The Hall–Kier alpha value is -3.43. The van der Waals surface area contributed by atoms with Crippen LogP contribution in [0.3, 0.4) is 0 Å². The minimum absolute atomic E-state index is 0.131. The highest BCUT2D eigenvalue weighted by Crippen LogP contribution is 2.32. The number of benzene rings is 2. The first-order valence-corrected chi connectivity index (χ1v) is 11.5. The number of anilines is 1. The van der Waals surface area contributed by atoms with Gasteiger partial charge in [-0.2, -0.15) is 12.8 Å². The Balaban J connectivity index is 1.82. The van der Waals surface area contributed by atoms with E-state index in [1.807, 2.05) is 0 Å². The first-order chi connectivity index (χ1) is 14.9. The molecule has 0 radical (unpaired) electrons. The van der Waals surface area contributed by atoms with Crippen LogP contribution in [0.1, 0.15) is 15.9 Å². The molecule has 7 nitrogen and oxygen atoms in total. The molecular formula is C22H18N2O5S2. The molecule has 1 N–H and O–H groups in total. The maximum atomic E-state index is 13.1. The number of ether oxygens (including phenoxy) is 2.